The molecule has 24 heavy (non-hydrogen) atoms. The molecule has 1 aliphatic carbocycles. The number of hydrogen-bond donors (Lipinski definition) is 2. The van der Waals surface area contributed by atoms with Gasteiger partial charge >= 0.3 is 6.03 Å². The van der Waals surface area contributed by atoms with Gasteiger partial charge in [-0.1, -0.05) is 25.3 Å². The van der Waals surface area contributed by atoms with Crippen LogP contribution in [0.15, 0.2) is 17.5 Å². The number of rotatable bonds is 4. The number of nitrogens with zero attached hydrogens (tertiary/aromatic N) is 1. The van der Waals surface area contributed by atoms with Crippen LogP contribution in [0.2, 0.25) is 0 Å². The number of likely N-dealkylation sites (tertiary alicyclic amines) is 1. The Kier molecular flexibility index (Phi) is 5.89. The first kappa shape index (κ1) is 17.4. The minimum atomic E-state index is -0.342. The van der Waals surface area contributed by atoms with Gasteiger partial charge in [0.2, 0.25) is 5.91 Å². The third kappa shape index (κ3) is 4.16. The van der Waals surface area contributed by atoms with Gasteiger partial charge in [0.15, 0.2) is 0 Å². The molecular weight excluding hydrogens is 322 g/mol. The lowest BCUT2D eigenvalue weighted by molar-refractivity contribution is -0.125. The van der Waals surface area contributed by atoms with Crippen LogP contribution in [0.3, 0.4) is 0 Å². The van der Waals surface area contributed by atoms with Crippen LogP contribution in [0.1, 0.15) is 62.8 Å². The van der Waals surface area contributed by atoms with Crippen molar-refractivity contribution in [2.24, 2.45) is 0 Å². The van der Waals surface area contributed by atoms with Crippen LogP contribution in [-0.4, -0.2) is 35.5 Å². The Morgan fingerprint density at radius 2 is 2.00 bits per heavy atom. The van der Waals surface area contributed by atoms with Gasteiger partial charge in [0.1, 0.15) is 0 Å². The summed E-state index contributed by atoms with van der Waals surface area (Å²) in [6.45, 7) is 2.80. The Labute approximate surface area is 147 Å². The van der Waals surface area contributed by atoms with Gasteiger partial charge in [0, 0.05) is 17.0 Å². The van der Waals surface area contributed by atoms with Gasteiger partial charge in [-0.2, -0.15) is 0 Å². The van der Waals surface area contributed by atoms with E-state index in [0.29, 0.717) is 6.04 Å². The lowest BCUT2D eigenvalue weighted by Crippen LogP contribution is -2.51. The van der Waals surface area contributed by atoms with E-state index in [1.165, 1.54) is 11.3 Å². The summed E-state index contributed by atoms with van der Waals surface area (Å²) in [4.78, 5) is 28.1. The Balaban J connectivity index is 1.53. The standard InChI is InChI=1S/C18H27N3O2S/c1-13(21-11-5-9-15(21)16-10-6-12-24-16)17(22)20-18(23)19-14-7-3-2-4-8-14/h6,10,12-15H,2-5,7-9,11H2,1H3,(H2,19,20,22,23). The zero-order chi connectivity index (χ0) is 16.9. The van der Waals surface area contributed by atoms with E-state index in [0.717, 1.165) is 45.1 Å². The monoisotopic (exact) mass is 349 g/mol. The zero-order valence-electron chi connectivity index (χ0n) is 14.3. The maximum absolute atomic E-state index is 12.5. The van der Waals surface area contributed by atoms with E-state index in [1.807, 2.05) is 6.92 Å². The van der Waals surface area contributed by atoms with Crippen LogP contribution >= 0.6 is 11.3 Å². The van der Waals surface area contributed by atoms with Crippen molar-refractivity contribution in [3.63, 3.8) is 0 Å². The molecule has 3 rings (SSSR count). The van der Waals surface area contributed by atoms with Crippen molar-refractivity contribution in [3.8, 4) is 0 Å². The van der Waals surface area contributed by atoms with Crippen LogP contribution in [0.4, 0.5) is 4.79 Å². The third-order valence-electron chi connectivity index (χ3n) is 5.22. The molecule has 2 N–H and O–H groups in total. The van der Waals surface area contributed by atoms with Crippen molar-refractivity contribution in [1.82, 2.24) is 15.5 Å². The molecule has 0 radical (unpaired) electrons. The molecule has 2 atom stereocenters. The number of carbonyl (C=O) groups excluding carboxylic acids is 2. The number of amides is 3. The summed E-state index contributed by atoms with van der Waals surface area (Å²) in [6, 6.07) is 4.06. The molecule has 0 aromatic carbocycles. The van der Waals surface area contributed by atoms with E-state index in [2.05, 4.69) is 33.0 Å². The molecule has 1 aromatic heterocycles. The van der Waals surface area contributed by atoms with Gasteiger partial charge in [0.05, 0.1) is 6.04 Å². The quantitative estimate of drug-likeness (QED) is 0.875. The molecule has 1 aliphatic heterocycles. The number of hydrogen-bond acceptors (Lipinski definition) is 4. The number of urea groups is 1. The van der Waals surface area contributed by atoms with Crippen molar-refractivity contribution >= 4 is 23.3 Å². The Hall–Kier alpha value is -1.40. The zero-order valence-corrected chi connectivity index (χ0v) is 15.1. The molecule has 2 fully saturated rings. The fourth-order valence-corrected chi connectivity index (χ4v) is 4.76. The van der Waals surface area contributed by atoms with Crippen molar-refractivity contribution in [3.05, 3.63) is 22.4 Å². The van der Waals surface area contributed by atoms with Gasteiger partial charge in [-0.3, -0.25) is 15.0 Å². The summed E-state index contributed by atoms with van der Waals surface area (Å²) < 4.78 is 0. The summed E-state index contributed by atoms with van der Waals surface area (Å²) in [6.07, 6.45) is 7.76. The molecule has 1 saturated carbocycles. The summed E-state index contributed by atoms with van der Waals surface area (Å²) in [5, 5.41) is 7.57. The summed E-state index contributed by atoms with van der Waals surface area (Å²) in [5.74, 6) is -0.202. The third-order valence-corrected chi connectivity index (χ3v) is 6.19. The maximum atomic E-state index is 12.5. The van der Waals surface area contributed by atoms with E-state index < -0.39 is 0 Å². The van der Waals surface area contributed by atoms with Crippen molar-refractivity contribution in [2.75, 3.05) is 6.54 Å². The fourth-order valence-electron chi connectivity index (χ4n) is 3.87. The van der Waals surface area contributed by atoms with Crippen LogP contribution < -0.4 is 10.6 Å². The van der Waals surface area contributed by atoms with Crippen molar-refractivity contribution < 1.29 is 9.59 Å². The topological polar surface area (TPSA) is 61.4 Å². The number of imide groups is 1. The van der Waals surface area contributed by atoms with Crippen LogP contribution in [0.5, 0.6) is 0 Å². The molecule has 2 unspecified atom stereocenters. The van der Waals surface area contributed by atoms with Crippen LogP contribution in [-0.2, 0) is 4.79 Å². The average Bonchev–Trinajstić information content (AvgIpc) is 3.25. The van der Waals surface area contributed by atoms with E-state index in [1.54, 1.807) is 11.3 Å². The van der Waals surface area contributed by atoms with Crippen molar-refractivity contribution in [2.45, 2.75) is 70.0 Å². The second kappa shape index (κ2) is 8.12. The lowest BCUT2D eigenvalue weighted by Gasteiger charge is -2.29. The van der Waals surface area contributed by atoms with E-state index in [9.17, 15) is 9.59 Å². The van der Waals surface area contributed by atoms with Crippen LogP contribution in [0.25, 0.3) is 0 Å². The highest BCUT2D eigenvalue weighted by molar-refractivity contribution is 7.10. The molecule has 0 bridgehead atoms. The molecule has 0 spiro atoms. The first-order valence-electron chi connectivity index (χ1n) is 9.05. The normalized spacial score (nSPS) is 23.8. The van der Waals surface area contributed by atoms with E-state index in [4.69, 9.17) is 0 Å². The van der Waals surface area contributed by atoms with Gasteiger partial charge in [0.25, 0.3) is 0 Å². The maximum Gasteiger partial charge on any atom is 0.321 e. The minimum absolute atomic E-state index is 0.202. The summed E-state index contributed by atoms with van der Waals surface area (Å²) in [5.41, 5.74) is 0. The molecule has 1 saturated heterocycles. The predicted octanol–water partition coefficient (Wildman–Crippen LogP) is 3.43. The molecular formula is C18H27N3O2S. The number of carbonyl (C=O) groups is 2. The molecule has 1 aromatic rings. The SMILES string of the molecule is CC(C(=O)NC(=O)NC1CCCCC1)N1CCCC1c1cccs1. The average molecular weight is 349 g/mol. The predicted molar refractivity (Wildman–Crippen MR) is 96.0 cm³/mol. The van der Waals surface area contributed by atoms with Gasteiger partial charge < -0.3 is 5.32 Å². The molecule has 2 aliphatic rings. The van der Waals surface area contributed by atoms with E-state index in [-0.39, 0.29) is 24.0 Å². The minimum Gasteiger partial charge on any atom is -0.335 e. The van der Waals surface area contributed by atoms with Gasteiger partial charge in [-0.25, -0.2) is 4.79 Å². The first-order chi connectivity index (χ1) is 11.6. The first-order valence-corrected chi connectivity index (χ1v) is 9.93. The molecule has 5 nitrogen and oxygen atoms in total. The van der Waals surface area contributed by atoms with Gasteiger partial charge in [-0.15, -0.1) is 11.3 Å². The highest BCUT2D eigenvalue weighted by Crippen LogP contribution is 2.35. The smallest absolute Gasteiger partial charge is 0.321 e. The summed E-state index contributed by atoms with van der Waals surface area (Å²) in [7, 11) is 0. The molecule has 6 heteroatoms. The van der Waals surface area contributed by atoms with Crippen molar-refractivity contribution in [1.29, 1.82) is 0 Å². The summed E-state index contributed by atoms with van der Waals surface area (Å²) >= 11 is 1.74. The highest BCUT2D eigenvalue weighted by atomic mass is 32.1. The van der Waals surface area contributed by atoms with E-state index >= 15 is 0 Å². The number of thiophene rings is 1. The van der Waals surface area contributed by atoms with Gasteiger partial charge in [-0.05, 0) is 50.6 Å². The second-order valence-corrected chi connectivity index (χ2v) is 7.86. The largest absolute Gasteiger partial charge is 0.335 e. The highest BCUT2D eigenvalue weighted by Gasteiger charge is 2.34. The Morgan fingerprint density at radius 3 is 2.71 bits per heavy atom. The molecule has 2 heterocycles. The Morgan fingerprint density at radius 1 is 1.21 bits per heavy atom. The number of nitrogens with one attached hydrogen (secondary N) is 2. The van der Waals surface area contributed by atoms with Crippen LogP contribution in [0, 0.1) is 0 Å². The fraction of sp³-hybridized carbons (Fsp3) is 0.667. The molecule has 3 amide bonds. The lowest BCUT2D eigenvalue weighted by atomic mass is 9.96. The second-order valence-electron chi connectivity index (χ2n) is 6.88. The Bertz CT molecular complexity index is 555. The molecule has 132 valence electrons.